The molecule has 0 radical (unpaired) electrons. The number of amides is 1. The van der Waals surface area contributed by atoms with Gasteiger partial charge in [0.15, 0.2) is 5.60 Å². The van der Waals surface area contributed by atoms with Gasteiger partial charge in [-0.25, -0.2) is 14.0 Å². The fraction of sp³-hybridized carbons (Fsp3) is 0.538. The molecule has 3 atom stereocenters. The van der Waals surface area contributed by atoms with Crippen LogP contribution in [0.1, 0.15) is 96.0 Å². The summed E-state index contributed by atoms with van der Waals surface area (Å²) in [5.41, 5.74) is -0.805. The summed E-state index contributed by atoms with van der Waals surface area (Å²) in [5, 5.41) is 23.9. The van der Waals surface area contributed by atoms with Crippen molar-refractivity contribution >= 4 is 23.6 Å². The second-order valence-electron chi connectivity index (χ2n) is 12.5. The number of allylic oxidation sites excluding steroid dienone is 1. The number of benzene rings is 2. The molecule has 2 rings (SSSR count). The first-order valence-corrected chi connectivity index (χ1v) is 17.4. The third kappa shape index (κ3) is 14.2. The first kappa shape index (κ1) is 41.3. The van der Waals surface area contributed by atoms with Crippen molar-refractivity contribution in [3.63, 3.8) is 0 Å². The number of carboxylic acid groups (broad SMARTS) is 1. The molecule has 0 bridgehead atoms. The number of carbonyl (C=O) groups excluding carboxylic acids is 3. The van der Waals surface area contributed by atoms with Crippen molar-refractivity contribution in [2.75, 3.05) is 20.8 Å². The molecule has 0 aromatic heterocycles. The zero-order chi connectivity index (χ0) is 36.1. The number of unbranched alkanes of at least 4 members (excludes halogenated alkanes) is 8. The smallest absolute Gasteiger partial charge is 0.336 e. The molecule has 1 amide bonds. The van der Waals surface area contributed by atoms with E-state index in [1.807, 2.05) is 0 Å². The number of carbonyl (C=O) groups is 4. The van der Waals surface area contributed by atoms with E-state index in [4.69, 9.17) is 9.47 Å². The van der Waals surface area contributed by atoms with Crippen LogP contribution < -0.4 is 5.32 Å². The van der Waals surface area contributed by atoms with E-state index in [0.29, 0.717) is 41.7 Å². The molecule has 0 aliphatic rings. The highest BCUT2D eigenvalue weighted by atomic mass is 19.1. The van der Waals surface area contributed by atoms with Gasteiger partial charge >= 0.3 is 11.9 Å². The normalized spacial score (nSPS) is 13.8. The van der Waals surface area contributed by atoms with E-state index < -0.39 is 35.4 Å². The Bertz CT molecular complexity index is 1340. The molecule has 0 heterocycles. The number of nitrogens with one attached hydrogen (secondary N) is 1. The lowest BCUT2D eigenvalue weighted by Gasteiger charge is -2.30. The van der Waals surface area contributed by atoms with E-state index in [-0.39, 0.29) is 25.3 Å². The van der Waals surface area contributed by atoms with Crippen LogP contribution in [0, 0.1) is 11.7 Å². The molecule has 0 aliphatic heterocycles. The number of hydrogen-bond acceptors (Lipinski definition) is 7. The lowest BCUT2D eigenvalue weighted by Crippen LogP contribution is -2.55. The number of aliphatic carboxylic acids is 1. The number of Topliss-reactive ketones (excluding diaryl/α,β-unsaturated/α-hetero) is 1. The minimum atomic E-state index is -2.50. The number of aliphatic hydroxyl groups is 1. The fourth-order valence-corrected chi connectivity index (χ4v) is 5.69. The highest BCUT2D eigenvalue weighted by Crippen LogP contribution is 2.27. The first-order chi connectivity index (χ1) is 23.6. The van der Waals surface area contributed by atoms with E-state index in [1.165, 1.54) is 45.6 Å². The molecule has 10 heteroatoms. The van der Waals surface area contributed by atoms with Crippen LogP contribution in [0.5, 0.6) is 0 Å². The van der Waals surface area contributed by atoms with Gasteiger partial charge in [-0.15, -0.1) is 0 Å². The number of ether oxygens (including phenoxy) is 2. The standard InChI is InChI=1S/C39H54FNO8/c1-4-5-6-9-12-17-31(42)18-13-10-7-8-11-14-20-33(39(47,38(45)46)26-27-48-2)36(43)41-35(37(44)49-3)28-29-22-24-30(25-23-29)32-19-15-16-21-34(32)40/h14-16,19-25,33,35,47H,4-13,17-18,26-28H2,1-3H3,(H,41,43)(H,45,46)/b20-14+/t33-,35+,39+/m1/s1. The minimum Gasteiger partial charge on any atom is -0.479 e. The number of esters is 1. The van der Waals surface area contributed by atoms with Crippen LogP contribution >= 0.6 is 0 Å². The Morgan fingerprint density at radius 2 is 1.53 bits per heavy atom. The van der Waals surface area contributed by atoms with Crippen molar-refractivity contribution in [3.05, 3.63) is 72.1 Å². The molecule has 49 heavy (non-hydrogen) atoms. The summed E-state index contributed by atoms with van der Waals surface area (Å²) in [6.45, 7) is 2.05. The molecule has 0 unspecified atom stereocenters. The number of rotatable bonds is 25. The van der Waals surface area contributed by atoms with Gasteiger partial charge in [0.2, 0.25) is 5.91 Å². The van der Waals surface area contributed by atoms with Gasteiger partial charge in [0.05, 0.1) is 13.0 Å². The van der Waals surface area contributed by atoms with Crippen LogP contribution in [-0.4, -0.2) is 66.3 Å². The predicted octanol–water partition coefficient (Wildman–Crippen LogP) is 6.99. The average Bonchev–Trinajstić information content (AvgIpc) is 3.09. The molecule has 3 N–H and O–H groups in total. The summed E-state index contributed by atoms with van der Waals surface area (Å²) < 4.78 is 24.2. The SMILES string of the molecule is CCCCCCCC(=O)CCCCCC/C=C/[C@H](C(=O)N[C@@H](Cc1ccc(-c2ccccc2F)cc1)C(=O)OC)[C@@](O)(CCOC)C(=O)O. The Morgan fingerprint density at radius 1 is 0.898 bits per heavy atom. The third-order valence-electron chi connectivity index (χ3n) is 8.70. The van der Waals surface area contributed by atoms with Crippen molar-refractivity contribution in [1.29, 1.82) is 0 Å². The molecule has 0 saturated heterocycles. The molecule has 2 aromatic rings. The van der Waals surface area contributed by atoms with Crippen molar-refractivity contribution in [3.8, 4) is 11.1 Å². The predicted molar refractivity (Wildman–Crippen MR) is 187 cm³/mol. The Hall–Kier alpha value is -3.89. The maximum Gasteiger partial charge on any atom is 0.336 e. The molecule has 270 valence electrons. The first-order valence-electron chi connectivity index (χ1n) is 17.4. The second-order valence-corrected chi connectivity index (χ2v) is 12.5. The molecule has 9 nitrogen and oxygen atoms in total. The second kappa shape index (κ2) is 22.7. The van der Waals surface area contributed by atoms with E-state index in [0.717, 1.165) is 38.5 Å². The Labute approximate surface area is 290 Å². The maximum atomic E-state index is 14.3. The van der Waals surface area contributed by atoms with E-state index in [1.54, 1.807) is 48.5 Å². The third-order valence-corrected chi connectivity index (χ3v) is 8.70. The number of halogens is 1. The van der Waals surface area contributed by atoms with E-state index in [9.17, 15) is 33.8 Å². The Kier molecular flexibility index (Phi) is 19.1. The molecule has 0 saturated carbocycles. The minimum absolute atomic E-state index is 0.0112. The summed E-state index contributed by atoms with van der Waals surface area (Å²) >= 11 is 0. The van der Waals surface area contributed by atoms with Crippen molar-refractivity contribution in [2.45, 2.75) is 108 Å². The van der Waals surface area contributed by atoms with Gasteiger partial charge in [0.1, 0.15) is 17.6 Å². The van der Waals surface area contributed by atoms with Gasteiger partial charge in [-0.1, -0.05) is 100 Å². The molecule has 0 fully saturated rings. The molecule has 0 aliphatic carbocycles. The average molecular weight is 684 g/mol. The van der Waals surface area contributed by atoms with Gasteiger partial charge in [0.25, 0.3) is 0 Å². The van der Waals surface area contributed by atoms with Crippen LogP contribution in [-0.2, 0) is 35.1 Å². The van der Waals surface area contributed by atoms with Gasteiger partial charge in [0, 0.05) is 45.0 Å². The summed E-state index contributed by atoms with van der Waals surface area (Å²) in [6, 6.07) is 12.0. The summed E-state index contributed by atoms with van der Waals surface area (Å²) in [5.74, 6) is -4.81. The van der Waals surface area contributed by atoms with Crippen LogP contribution in [0.3, 0.4) is 0 Å². The number of ketones is 1. The monoisotopic (exact) mass is 683 g/mol. The van der Waals surface area contributed by atoms with E-state index in [2.05, 4.69) is 12.2 Å². The summed E-state index contributed by atoms with van der Waals surface area (Å²) in [4.78, 5) is 50.8. The van der Waals surface area contributed by atoms with Crippen LogP contribution in [0.25, 0.3) is 11.1 Å². The lowest BCUT2D eigenvalue weighted by atomic mass is 9.83. The van der Waals surface area contributed by atoms with Crippen LogP contribution in [0.15, 0.2) is 60.7 Å². The molecule has 0 spiro atoms. The van der Waals surface area contributed by atoms with E-state index >= 15 is 0 Å². The lowest BCUT2D eigenvalue weighted by molar-refractivity contribution is -0.169. The van der Waals surface area contributed by atoms with Crippen LogP contribution in [0.4, 0.5) is 4.39 Å². The highest BCUT2D eigenvalue weighted by Gasteiger charge is 2.47. The molecule has 2 aromatic carbocycles. The fourth-order valence-electron chi connectivity index (χ4n) is 5.69. The van der Waals surface area contributed by atoms with Gasteiger partial charge in [-0.2, -0.15) is 0 Å². The van der Waals surface area contributed by atoms with Gasteiger partial charge in [-0.05, 0) is 42.9 Å². The quantitative estimate of drug-likeness (QED) is 0.0579. The molecular weight excluding hydrogens is 629 g/mol. The number of methoxy groups -OCH3 is 2. The summed E-state index contributed by atoms with van der Waals surface area (Å²) in [7, 11) is 2.54. The van der Waals surface area contributed by atoms with Crippen molar-refractivity contribution < 1.29 is 43.3 Å². The highest BCUT2D eigenvalue weighted by molar-refractivity contribution is 5.92. The van der Waals surface area contributed by atoms with Crippen molar-refractivity contribution in [2.24, 2.45) is 5.92 Å². The zero-order valence-electron chi connectivity index (χ0n) is 29.3. The topological polar surface area (TPSA) is 139 Å². The zero-order valence-corrected chi connectivity index (χ0v) is 29.3. The molecular formula is C39H54FNO8. The van der Waals surface area contributed by atoms with Gasteiger partial charge in [-0.3, -0.25) is 9.59 Å². The summed E-state index contributed by atoms with van der Waals surface area (Å²) in [6.07, 6.45) is 13.4. The maximum absolute atomic E-state index is 14.3. The largest absolute Gasteiger partial charge is 0.479 e. The van der Waals surface area contributed by atoms with Crippen molar-refractivity contribution in [1.82, 2.24) is 5.32 Å². The number of hydrogen-bond donors (Lipinski definition) is 3. The Morgan fingerprint density at radius 3 is 2.12 bits per heavy atom. The van der Waals surface area contributed by atoms with Crippen LogP contribution in [0.2, 0.25) is 0 Å². The van der Waals surface area contributed by atoms with Gasteiger partial charge < -0.3 is 25.0 Å². The number of carboxylic acids is 1. The Balaban J connectivity index is 2.06.